The van der Waals surface area contributed by atoms with Gasteiger partial charge in [0.05, 0.1) is 33.8 Å². The normalized spacial score (nSPS) is 18.7. The molecule has 11 heteroatoms. The van der Waals surface area contributed by atoms with Crippen molar-refractivity contribution < 1.29 is 19.5 Å². The van der Waals surface area contributed by atoms with Gasteiger partial charge in [0.2, 0.25) is 11.8 Å². The summed E-state index contributed by atoms with van der Waals surface area (Å²) < 4.78 is 0.639. The smallest absolute Gasteiger partial charge is 0.253 e. The molecule has 0 spiro atoms. The molecule has 2 aromatic heterocycles. The number of thiazole rings is 1. The number of nitrogens with one attached hydrogen (secondary N) is 2. The summed E-state index contributed by atoms with van der Waals surface area (Å²) in [6.45, 7) is 9.39. The molecule has 0 unspecified atom stereocenters. The van der Waals surface area contributed by atoms with Crippen LogP contribution in [0.1, 0.15) is 61.8 Å². The van der Waals surface area contributed by atoms with E-state index < -0.39 is 35.4 Å². The van der Waals surface area contributed by atoms with Crippen LogP contribution in [0.5, 0.6) is 0 Å². The Morgan fingerprint density at radius 2 is 1.85 bits per heavy atom. The van der Waals surface area contributed by atoms with Crippen LogP contribution in [0.3, 0.4) is 0 Å². The van der Waals surface area contributed by atoms with Crippen LogP contribution in [-0.2, 0) is 9.59 Å². The summed E-state index contributed by atoms with van der Waals surface area (Å²) in [5, 5.41) is 16.3. The number of rotatable bonds is 7. The van der Waals surface area contributed by atoms with E-state index in [1.54, 1.807) is 23.6 Å². The number of hydrogen-bond donors (Lipinski definition) is 3. The second kappa shape index (κ2) is 12.2. The van der Waals surface area contributed by atoms with Gasteiger partial charge in [-0.15, -0.1) is 11.3 Å². The minimum Gasteiger partial charge on any atom is -0.391 e. The average molecular weight is 629 g/mol. The quantitative estimate of drug-likeness (QED) is 0.359. The number of aliphatic hydroxyl groups is 1. The summed E-state index contributed by atoms with van der Waals surface area (Å²) in [6, 6.07) is 7.45. The molecule has 3 amide bonds. The molecule has 1 aliphatic rings. The largest absolute Gasteiger partial charge is 0.391 e. The van der Waals surface area contributed by atoms with E-state index in [-0.39, 0.29) is 24.9 Å². The Kier molecular flexibility index (Phi) is 9.06. The number of aryl methyl sites for hydroxylation is 1. The minimum atomic E-state index is -0.931. The van der Waals surface area contributed by atoms with E-state index in [9.17, 15) is 19.5 Å². The van der Waals surface area contributed by atoms with Crippen LogP contribution < -0.4 is 10.6 Å². The van der Waals surface area contributed by atoms with Gasteiger partial charge in [0.15, 0.2) is 0 Å². The zero-order valence-corrected chi connectivity index (χ0v) is 25.5. The predicted molar refractivity (Wildman–Crippen MR) is 158 cm³/mol. The molecule has 3 aromatic rings. The standard InChI is InChI=1S/C29H34BrN5O4S/c1-16(18-6-8-19(9-7-18)24-17(2)32-15-40-24)33-27(38)23-11-22(36)14-35(23)28(39)25(29(3,4)5)34-26(37)20-10-21(30)13-31-12-20/h6-10,12-13,15-16,22-23,25,36H,11,14H2,1-5H3,(H,33,38)(H,34,37)/t16-,22+,23-,25+/m0/s1. The van der Waals surface area contributed by atoms with Gasteiger partial charge in [-0.25, -0.2) is 4.98 Å². The van der Waals surface area contributed by atoms with E-state index in [0.717, 1.165) is 21.7 Å². The number of β-amino-alcohol motifs (C(OH)–C–C–N with tert-alkyl or cyclic N) is 1. The van der Waals surface area contributed by atoms with Gasteiger partial charge in [0.1, 0.15) is 12.1 Å². The second-order valence-corrected chi connectivity index (χ2v) is 12.9. The maximum Gasteiger partial charge on any atom is 0.253 e. The predicted octanol–water partition coefficient (Wildman–Crippen LogP) is 4.26. The number of halogens is 1. The molecule has 3 N–H and O–H groups in total. The number of hydrogen-bond acceptors (Lipinski definition) is 7. The maximum absolute atomic E-state index is 13.8. The Labute approximate surface area is 246 Å². The van der Waals surface area contributed by atoms with Crippen molar-refractivity contribution in [2.24, 2.45) is 5.41 Å². The van der Waals surface area contributed by atoms with E-state index in [1.165, 1.54) is 11.1 Å². The van der Waals surface area contributed by atoms with E-state index in [4.69, 9.17) is 0 Å². The van der Waals surface area contributed by atoms with Crippen molar-refractivity contribution in [3.8, 4) is 10.4 Å². The van der Waals surface area contributed by atoms with Crippen molar-refractivity contribution in [2.45, 2.75) is 65.3 Å². The monoisotopic (exact) mass is 627 g/mol. The Balaban J connectivity index is 1.48. The molecular weight excluding hydrogens is 594 g/mol. The lowest BCUT2D eigenvalue weighted by Gasteiger charge is -2.35. The first-order valence-corrected chi connectivity index (χ1v) is 14.7. The highest BCUT2D eigenvalue weighted by atomic mass is 79.9. The van der Waals surface area contributed by atoms with Gasteiger partial charge in [0.25, 0.3) is 5.91 Å². The van der Waals surface area contributed by atoms with Crippen LogP contribution in [0.2, 0.25) is 0 Å². The zero-order valence-electron chi connectivity index (χ0n) is 23.1. The highest BCUT2D eigenvalue weighted by Crippen LogP contribution is 2.29. The fourth-order valence-electron chi connectivity index (χ4n) is 4.77. The Hall–Kier alpha value is -3.15. The summed E-state index contributed by atoms with van der Waals surface area (Å²) in [6.07, 6.45) is 2.26. The molecule has 1 aromatic carbocycles. The number of pyridine rings is 1. The van der Waals surface area contributed by atoms with Crippen LogP contribution in [0.15, 0.2) is 52.7 Å². The molecule has 1 aliphatic heterocycles. The number of carbonyl (C=O) groups excluding carboxylic acids is 3. The third-order valence-corrected chi connectivity index (χ3v) is 8.41. The summed E-state index contributed by atoms with van der Waals surface area (Å²) in [4.78, 5) is 51.0. The van der Waals surface area contributed by atoms with Gasteiger partial charge in [0, 0.05) is 29.8 Å². The molecule has 4 rings (SSSR count). The molecule has 212 valence electrons. The number of likely N-dealkylation sites (tertiary alicyclic amines) is 1. The highest BCUT2D eigenvalue weighted by Gasteiger charge is 2.44. The lowest BCUT2D eigenvalue weighted by molar-refractivity contribution is -0.142. The summed E-state index contributed by atoms with van der Waals surface area (Å²) in [5.41, 5.74) is 4.41. The van der Waals surface area contributed by atoms with Gasteiger partial charge in [-0.2, -0.15) is 0 Å². The van der Waals surface area contributed by atoms with E-state index >= 15 is 0 Å². The molecule has 0 radical (unpaired) electrons. The van der Waals surface area contributed by atoms with E-state index in [2.05, 4.69) is 36.5 Å². The average Bonchev–Trinajstić information content (AvgIpc) is 3.51. The van der Waals surface area contributed by atoms with Crippen LogP contribution in [0, 0.1) is 12.3 Å². The minimum absolute atomic E-state index is 0.00902. The van der Waals surface area contributed by atoms with Crippen LogP contribution in [-0.4, -0.2) is 62.4 Å². The van der Waals surface area contributed by atoms with Gasteiger partial charge in [-0.1, -0.05) is 45.0 Å². The first kappa shape index (κ1) is 29.8. The first-order valence-electron chi connectivity index (χ1n) is 13.1. The molecule has 40 heavy (non-hydrogen) atoms. The highest BCUT2D eigenvalue weighted by molar-refractivity contribution is 9.10. The number of aliphatic hydroxyl groups excluding tert-OH is 1. The third kappa shape index (κ3) is 6.76. The molecule has 1 saturated heterocycles. The van der Waals surface area contributed by atoms with Crippen LogP contribution >= 0.6 is 27.3 Å². The number of nitrogens with zero attached hydrogens (tertiary/aromatic N) is 3. The molecule has 1 fully saturated rings. The van der Waals surface area contributed by atoms with E-state index in [1.807, 2.05) is 64.4 Å². The fourth-order valence-corrected chi connectivity index (χ4v) is 5.94. The first-order chi connectivity index (χ1) is 18.8. The SMILES string of the molecule is Cc1ncsc1-c1ccc([C@H](C)NC(=O)[C@@H]2C[C@@H](O)CN2C(=O)[C@@H](NC(=O)c2cncc(Br)c2)C(C)(C)C)cc1. The van der Waals surface area contributed by atoms with Crippen molar-refractivity contribution in [1.82, 2.24) is 25.5 Å². The number of amides is 3. The van der Waals surface area contributed by atoms with Gasteiger partial charge < -0.3 is 20.6 Å². The third-order valence-electron chi connectivity index (χ3n) is 7.00. The van der Waals surface area contributed by atoms with E-state index in [0.29, 0.717) is 10.0 Å². The molecule has 0 bridgehead atoms. The number of aromatic nitrogens is 2. The van der Waals surface area contributed by atoms with Gasteiger partial charge in [-0.05, 0) is 52.4 Å². The summed E-state index contributed by atoms with van der Waals surface area (Å²) >= 11 is 4.89. The van der Waals surface area contributed by atoms with Crippen LogP contribution in [0.25, 0.3) is 10.4 Å². The Morgan fingerprint density at radius 1 is 1.15 bits per heavy atom. The summed E-state index contributed by atoms with van der Waals surface area (Å²) in [5.74, 6) is -1.22. The second-order valence-electron chi connectivity index (χ2n) is 11.2. The van der Waals surface area contributed by atoms with Crippen molar-refractivity contribution in [3.63, 3.8) is 0 Å². The number of benzene rings is 1. The van der Waals surface area contributed by atoms with Crippen molar-refractivity contribution in [3.05, 3.63) is 69.5 Å². The van der Waals surface area contributed by atoms with Crippen molar-refractivity contribution in [2.75, 3.05) is 6.54 Å². The Morgan fingerprint density at radius 3 is 2.45 bits per heavy atom. The van der Waals surface area contributed by atoms with Crippen LogP contribution in [0.4, 0.5) is 0 Å². The lowest BCUT2D eigenvalue weighted by atomic mass is 9.85. The molecule has 0 aliphatic carbocycles. The molecule has 9 nitrogen and oxygen atoms in total. The molecular formula is C29H34BrN5O4S. The molecule has 3 heterocycles. The Bertz CT molecular complexity index is 1390. The maximum atomic E-state index is 13.8. The fraction of sp³-hybridized carbons (Fsp3) is 0.414. The van der Waals surface area contributed by atoms with Crippen molar-refractivity contribution >= 4 is 45.0 Å². The molecule has 4 atom stereocenters. The topological polar surface area (TPSA) is 125 Å². The number of carbonyl (C=O) groups is 3. The van der Waals surface area contributed by atoms with Gasteiger partial charge in [-0.3, -0.25) is 19.4 Å². The van der Waals surface area contributed by atoms with Crippen molar-refractivity contribution in [1.29, 1.82) is 0 Å². The zero-order chi connectivity index (χ0) is 29.2. The summed E-state index contributed by atoms with van der Waals surface area (Å²) in [7, 11) is 0. The lowest BCUT2D eigenvalue weighted by Crippen LogP contribution is -2.57. The molecule has 0 saturated carbocycles. The van der Waals surface area contributed by atoms with Gasteiger partial charge >= 0.3 is 0 Å².